The van der Waals surface area contributed by atoms with Crippen LogP contribution < -0.4 is 5.73 Å². The molecule has 1 aromatic heterocycles. The first-order chi connectivity index (χ1) is 10.7. The van der Waals surface area contributed by atoms with Crippen LogP contribution in [-0.2, 0) is 13.0 Å². The summed E-state index contributed by atoms with van der Waals surface area (Å²) in [6, 6.07) is 7.80. The number of halogens is 1. The summed E-state index contributed by atoms with van der Waals surface area (Å²) in [5, 5.41) is 9.48. The zero-order chi connectivity index (χ0) is 15.9. The lowest BCUT2D eigenvalue weighted by molar-refractivity contribution is 0.343. The van der Waals surface area contributed by atoms with Crippen LogP contribution in [0.25, 0.3) is 6.08 Å². The molecule has 0 fully saturated rings. The zero-order valence-corrected chi connectivity index (χ0v) is 13.6. The van der Waals surface area contributed by atoms with Crippen LogP contribution in [0.5, 0.6) is 0 Å². The Hall–Kier alpha value is -1.78. The van der Waals surface area contributed by atoms with Crippen molar-refractivity contribution in [2.45, 2.75) is 32.7 Å². The molecule has 2 rings (SSSR count). The van der Waals surface area contributed by atoms with Crippen molar-refractivity contribution in [2.75, 3.05) is 12.3 Å². The number of nitrogens with two attached hydrogens (primary N) is 1. The third-order valence-corrected chi connectivity index (χ3v) is 3.77. The van der Waals surface area contributed by atoms with Crippen molar-refractivity contribution in [3.05, 3.63) is 52.6 Å². The topological polar surface area (TPSA) is 64.1 Å². The minimum Gasteiger partial charge on any atom is -0.399 e. The van der Waals surface area contributed by atoms with Gasteiger partial charge < -0.3 is 15.4 Å². The van der Waals surface area contributed by atoms with E-state index in [9.17, 15) is 0 Å². The molecule has 0 aliphatic rings. The van der Waals surface area contributed by atoms with Crippen molar-refractivity contribution in [1.82, 2.24) is 9.55 Å². The SMILES string of the molecule is CCCCc1nc(Cl)c(C=CCO)n1Cc1ccc(N)cc1. The van der Waals surface area contributed by atoms with Crippen LogP contribution in [0, 0.1) is 0 Å². The van der Waals surface area contributed by atoms with E-state index in [1.807, 2.05) is 30.3 Å². The van der Waals surface area contributed by atoms with Crippen LogP contribution in [0.1, 0.15) is 36.8 Å². The number of nitrogens with zero attached hydrogens (tertiary/aromatic N) is 2. The van der Waals surface area contributed by atoms with Crippen LogP contribution in [-0.4, -0.2) is 21.3 Å². The molecule has 0 bridgehead atoms. The fourth-order valence-electron chi connectivity index (χ4n) is 2.31. The number of aliphatic hydroxyl groups is 1. The van der Waals surface area contributed by atoms with Gasteiger partial charge in [-0.05, 0) is 30.2 Å². The lowest BCUT2D eigenvalue weighted by Crippen LogP contribution is -2.07. The highest BCUT2D eigenvalue weighted by atomic mass is 35.5. The lowest BCUT2D eigenvalue weighted by atomic mass is 10.2. The van der Waals surface area contributed by atoms with Crippen molar-refractivity contribution in [1.29, 1.82) is 0 Å². The molecule has 4 nitrogen and oxygen atoms in total. The van der Waals surface area contributed by atoms with Crippen molar-refractivity contribution in [3.8, 4) is 0 Å². The predicted molar refractivity (Wildman–Crippen MR) is 91.9 cm³/mol. The molecule has 0 spiro atoms. The number of benzene rings is 1. The van der Waals surface area contributed by atoms with Gasteiger partial charge in [0.05, 0.1) is 12.3 Å². The Labute approximate surface area is 136 Å². The second kappa shape index (κ2) is 8.01. The molecule has 0 aliphatic carbocycles. The largest absolute Gasteiger partial charge is 0.399 e. The van der Waals surface area contributed by atoms with Gasteiger partial charge >= 0.3 is 0 Å². The minimum absolute atomic E-state index is 0.0202. The number of aromatic nitrogens is 2. The molecule has 0 aliphatic heterocycles. The zero-order valence-electron chi connectivity index (χ0n) is 12.8. The number of rotatable bonds is 7. The average Bonchev–Trinajstić information content (AvgIpc) is 2.80. The first-order valence-electron chi connectivity index (χ1n) is 7.52. The van der Waals surface area contributed by atoms with E-state index in [0.717, 1.165) is 42.0 Å². The normalized spacial score (nSPS) is 11.4. The number of aliphatic hydroxyl groups excluding tert-OH is 1. The third kappa shape index (κ3) is 4.12. The highest BCUT2D eigenvalue weighted by Gasteiger charge is 2.13. The summed E-state index contributed by atoms with van der Waals surface area (Å²) in [6.07, 6.45) is 6.55. The predicted octanol–water partition coefficient (Wildman–Crippen LogP) is 3.52. The maximum atomic E-state index is 9.00. The van der Waals surface area contributed by atoms with Gasteiger partial charge in [-0.15, -0.1) is 0 Å². The van der Waals surface area contributed by atoms with Crippen LogP contribution >= 0.6 is 11.6 Å². The number of imidazole rings is 1. The maximum absolute atomic E-state index is 9.00. The number of unbranched alkanes of at least 4 members (excludes halogenated alkanes) is 1. The molecular formula is C17H22ClN3O. The summed E-state index contributed by atoms with van der Waals surface area (Å²) in [4.78, 5) is 4.49. The molecule has 1 heterocycles. The van der Waals surface area contributed by atoms with E-state index in [2.05, 4.69) is 16.5 Å². The summed E-state index contributed by atoms with van der Waals surface area (Å²) in [6.45, 7) is 2.82. The quantitative estimate of drug-likeness (QED) is 0.767. The smallest absolute Gasteiger partial charge is 0.154 e. The number of hydrogen-bond acceptors (Lipinski definition) is 3. The van der Waals surface area contributed by atoms with Gasteiger partial charge in [0.25, 0.3) is 0 Å². The summed E-state index contributed by atoms with van der Waals surface area (Å²) in [7, 11) is 0. The van der Waals surface area contributed by atoms with Gasteiger partial charge in [0.15, 0.2) is 5.15 Å². The van der Waals surface area contributed by atoms with E-state index >= 15 is 0 Å². The van der Waals surface area contributed by atoms with Gasteiger partial charge in [0.1, 0.15) is 5.82 Å². The van der Waals surface area contributed by atoms with Gasteiger partial charge in [-0.1, -0.05) is 43.2 Å². The molecule has 0 unspecified atom stereocenters. The van der Waals surface area contributed by atoms with Crippen molar-refractivity contribution < 1.29 is 5.11 Å². The van der Waals surface area contributed by atoms with Gasteiger partial charge in [-0.2, -0.15) is 0 Å². The standard InChI is InChI=1S/C17H22ClN3O/c1-2-3-6-16-20-17(18)15(5-4-11-22)21(16)12-13-7-9-14(19)10-8-13/h4-5,7-10,22H,2-3,6,11-12,19H2,1H3. The summed E-state index contributed by atoms with van der Waals surface area (Å²) in [5.74, 6) is 0.973. The van der Waals surface area contributed by atoms with E-state index in [1.54, 1.807) is 6.08 Å². The Kier molecular flexibility index (Phi) is 6.04. The molecule has 1 aromatic carbocycles. The van der Waals surface area contributed by atoms with E-state index in [0.29, 0.717) is 11.7 Å². The summed E-state index contributed by atoms with van der Waals surface area (Å²) < 4.78 is 2.11. The fourth-order valence-corrected chi connectivity index (χ4v) is 2.57. The van der Waals surface area contributed by atoms with Crippen molar-refractivity contribution in [3.63, 3.8) is 0 Å². The maximum Gasteiger partial charge on any atom is 0.154 e. The van der Waals surface area contributed by atoms with Crippen LogP contribution in [0.15, 0.2) is 30.3 Å². The average molecular weight is 320 g/mol. The van der Waals surface area contributed by atoms with Crippen LogP contribution in [0.4, 0.5) is 5.69 Å². The number of anilines is 1. The Bertz CT molecular complexity index is 632. The van der Waals surface area contributed by atoms with E-state index in [-0.39, 0.29) is 6.61 Å². The molecule has 0 saturated carbocycles. The Morgan fingerprint density at radius 3 is 2.68 bits per heavy atom. The van der Waals surface area contributed by atoms with E-state index in [1.165, 1.54) is 0 Å². The van der Waals surface area contributed by atoms with Gasteiger partial charge in [0, 0.05) is 18.7 Å². The van der Waals surface area contributed by atoms with Gasteiger partial charge in [-0.25, -0.2) is 4.98 Å². The number of nitrogen functional groups attached to an aromatic ring is 1. The fraction of sp³-hybridized carbons (Fsp3) is 0.353. The lowest BCUT2D eigenvalue weighted by Gasteiger charge is -2.11. The van der Waals surface area contributed by atoms with Crippen LogP contribution in [0.3, 0.4) is 0 Å². The molecule has 0 radical (unpaired) electrons. The second-order valence-electron chi connectivity index (χ2n) is 5.22. The minimum atomic E-state index is -0.0202. The monoisotopic (exact) mass is 319 g/mol. The molecule has 0 saturated heterocycles. The Balaban J connectivity index is 2.35. The van der Waals surface area contributed by atoms with E-state index in [4.69, 9.17) is 22.4 Å². The molecular weight excluding hydrogens is 298 g/mol. The molecule has 118 valence electrons. The van der Waals surface area contributed by atoms with Gasteiger partial charge in [0.2, 0.25) is 0 Å². The first kappa shape index (κ1) is 16.6. The van der Waals surface area contributed by atoms with Crippen LogP contribution in [0.2, 0.25) is 5.15 Å². The Morgan fingerprint density at radius 1 is 1.32 bits per heavy atom. The number of hydrogen-bond donors (Lipinski definition) is 2. The van der Waals surface area contributed by atoms with E-state index < -0.39 is 0 Å². The van der Waals surface area contributed by atoms with Crippen molar-refractivity contribution >= 4 is 23.4 Å². The van der Waals surface area contributed by atoms with Gasteiger partial charge in [-0.3, -0.25) is 0 Å². The molecule has 3 N–H and O–H groups in total. The third-order valence-electron chi connectivity index (χ3n) is 3.50. The van der Waals surface area contributed by atoms with Crippen molar-refractivity contribution in [2.24, 2.45) is 0 Å². The Morgan fingerprint density at radius 2 is 2.05 bits per heavy atom. The molecule has 0 amide bonds. The second-order valence-corrected chi connectivity index (χ2v) is 5.58. The molecule has 0 atom stereocenters. The summed E-state index contributed by atoms with van der Waals surface area (Å²) in [5.41, 5.74) is 8.46. The highest BCUT2D eigenvalue weighted by molar-refractivity contribution is 6.30. The number of aryl methyl sites for hydroxylation is 1. The molecule has 22 heavy (non-hydrogen) atoms. The highest BCUT2D eigenvalue weighted by Crippen LogP contribution is 2.22. The first-order valence-corrected chi connectivity index (χ1v) is 7.90. The molecule has 2 aromatic rings. The summed E-state index contributed by atoms with van der Waals surface area (Å²) >= 11 is 6.27. The molecule has 5 heteroatoms.